The first-order valence-corrected chi connectivity index (χ1v) is 17.6. The molecule has 3 N–H and O–H groups in total. The van der Waals surface area contributed by atoms with Gasteiger partial charge in [0.1, 0.15) is 18.1 Å². The van der Waals surface area contributed by atoms with E-state index in [2.05, 4.69) is 15.1 Å². The molecule has 0 aliphatic carbocycles. The number of fused-ring (bicyclic) bond motifs is 5. The Hall–Kier alpha value is -4.40. The summed E-state index contributed by atoms with van der Waals surface area (Å²) in [4.78, 5) is 44.9. The van der Waals surface area contributed by atoms with Crippen LogP contribution in [0.4, 0.5) is 20.2 Å². The zero-order valence-electron chi connectivity index (χ0n) is 28.1. The zero-order valence-corrected chi connectivity index (χ0v) is 29.0. The monoisotopic (exact) mass is 710 g/mol. The van der Waals surface area contributed by atoms with Crippen LogP contribution in [0.3, 0.4) is 0 Å². The summed E-state index contributed by atoms with van der Waals surface area (Å²) in [5.74, 6) is -3.12. The number of nitrogens with zero attached hydrogens (tertiary/aromatic N) is 5. The number of hydrogen-bond donors (Lipinski definition) is 3. The van der Waals surface area contributed by atoms with E-state index >= 15 is 8.78 Å². The molecule has 4 aliphatic heterocycles. The van der Waals surface area contributed by atoms with Gasteiger partial charge in [-0.3, -0.25) is 18.2 Å². The third-order valence-electron chi connectivity index (χ3n) is 9.36. The van der Waals surface area contributed by atoms with Crippen LogP contribution in [0.25, 0.3) is 38.9 Å². The number of pyridine rings is 3. The van der Waals surface area contributed by atoms with Crippen LogP contribution in [0, 0.1) is 17.6 Å². The van der Waals surface area contributed by atoms with Crippen LogP contribution >= 0.6 is 7.82 Å². The third kappa shape index (κ3) is 5.82. The van der Waals surface area contributed by atoms with Gasteiger partial charge < -0.3 is 29.7 Å². The first-order valence-electron chi connectivity index (χ1n) is 16.1. The number of carbonyl (C=O) groups is 1. The van der Waals surface area contributed by atoms with Crippen molar-refractivity contribution in [2.45, 2.75) is 45.6 Å². The van der Waals surface area contributed by atoms with Gasteiger partial charge in [-0.15, -0.1) is 0 Å². The zero-order chi connectivity index (χ0) is 35.9. The number of likely N-dealkylation sites (tertiary alicyclic amines) is 1. The first-order chi connectivity index (χ1) is 23.6. The summed E-state index contributed by atoms with van der Waals surface area (Å²) in [7, 11) is -1.04. The second-order valence-electron chi connectivity index (χ2n) is 13.9. The second-order valence-corrected chi connectivity index (χ2v) is 15.3. The number of nitrogens with one attached hydrogen (secondary N) is 1. The summed E-state index contributed by atoms with van der Waals surface area (Å²) in [6, 6.07) is 7.21. The molecule has 0 radical (unpaired) electrons. The fourth-order valence-corrected chi connectivity index (χ4v) is 8.37. The van der Waals surface area contributed by atoms with Crippen molar-refractivity contribution in [3.05, 3.63) is 70.3 Å². The molecule has 2 fully saturated rings. The number of benzene rings is 1. The number of halogens is 2. The maximum atomic E-state index is 16.2. The molecular weight excluding hydrogens is 673 g/mol. The largest absolute Gasteiger partial charge is 0.477 e. The molecule has 6 heterocycles. The van der Waals surface area contributed by atoms with Gasteiger partial charge in [0.2, 0.25) is 0 Å². The SMILES string of the molecule is CNc1cc(F)c(F)c2c3c(N4CC[C@H]5CN(C)C[C@H]54)c(-c4ccc5ccc(C(=O)O)c(=O)n5c4)cn(COP(=O)(O)OC(C)(C)C)c-3nc12. The van der Waals surface area contributed by atoms with Crippen LogP contribution in [-0.4, -0.2) is 80.2 Å². The van der Waals surface area contributed by atoms with Crippen LogP contribution < -0.4 is 15.8 Å². The molecule has 1 aromatic carbocycles. The van der Waals surface area contributed by atoms with Gasteiger partial charge >= 0.3 is 13.8 Å². The van der Waals surface area contributed by atoms with Crippen molar-refractivity contribution >= 4 is 41.6 Å². The van der Waals surface area contributed by atoms with E-state index in [4.69, 9.17) is 14.0 Å². The van der Waals surface area contributed by atoms with Crippen molar-refractivity contribution < 1.29 is 37.2 Å². The van der Waals surface area contributed by atoms with Gasteiger partial charge in [-0.1, -0.05) is 6.07 Å². The minimum Gasteiger partial charge on any atom is -0.477 e. The maximum absolute atomic E-state index is 16.2. The summed E-state index contributed by atoms with van der Waals surface area (Å²) in [5, 5.41) is 12.5. The number of carboxylic acid groups (broad SMARTS) is 1. The molecule has 264 valence electrons. The lowest BCUT2D eigenvalue weighted by atomic mass is 9.97. The molecule has 50 heavy (non-hydrogen) atoms. The lowest BCUT2D eigenvalue weighted by Crippen LogP contribution is -2.35. The van der Waals surface area contributed by atoms with Crippen molar-refractivity contribution in [1.82, 2.24) is 18.9 Å². The van der Waals surface area contributed by atoms with Gasteiger partial charge in [-0.05, 0) is 58.4 Å². The number of carboxylic acids is 1. The molecule has 2 saturated heterocycles. The highest BCUT2D eigenvalue weighted by Crippen LogP contribution is 2.52. The van der Waals surface area contributed by atoms with Crippen LogP contribution in [0.1, 0.15) is 37.6 Å². The molecule has 0 spiro atoms. The summed E-state index contributed by atoms with van der Waals surface area (Å²) in [5.41, 5.74) is 0.313. The summed E-state index contributed by atoms with van der Waals surface area (Å²) >= 11 is 0. The van der Waals surface area contributed by atoms with Crippen LogP contribution in [0.2, 0.25) is 0 Å². The Morgan fingerprint density at radius 1 is 1.16 bits per heavy atom. The number of rotatable bonds is 8. The number of phosphoric acid groups is 1. The Morgan fingerprint density at radius 2 is 1.90 bits per heavy atom. The topological polar surface area (TPSA) is 151 Å². The van der Waals surface area contributed by atoms with Gasteiger partial charge in [-0.2, -0.15) is 0 Å². The smallest absolute Gasteiger partial charge is 0.474 e. The quantitative estimate of drug-likeness (QED) is 0.176. The number of likely N-dealkylation sites (N-methyl/N-ethyl adjacent to an activating group) is 1. The van der Waals surface area contributed by atoms with Gasteiger partial charge in [0.05, 0.1) is 33.4 Å². The average molecular weight is 711 g/mol. The highest BCUT2D eigenvalue weighted by molar-refractivity contribution is 7.47. The minimum absolute atomic E-state index is 0.0130. The fraction of sp³-hybridized carbons (Fsp3) is 0.382. The van der Waals surface area contributed by atoms with Gasteiger partial charge in [0.15, 0.2) is 11.6 Å². The molecule has 3 atom stereocenters. The highest BCUT2D eigenvalue weighted by Gasteiger charge is 2.43. The van der Waals surface area contributed by atoms with Crippen LogP contribution in [0.15, 0.2) is 47.5 Å². The van der Waals surface area contributed by atoms with E-state index in [1.165, 1.54) is 27.3 Å². The number of anilines is 2. The van der Waals surface area contributed by atoms with E-state index in [1.807, 2.05) is 7.05 Å². The average Bonchev–Trinajstić information content (AvgIpc) is 3.73. The molecule has 0 bridgehead atoms. The summed E-state index contributed by atoms with van der Waals surface area (Å²) < 4.78 is 57.9. The molecule has 4 aliphatic rings. The molecule has 2 aromatic heterocycles. The highest BCUT2D eigenvalue weighted by atomic mass is 31.2. The molecule has 0 amide bonds. The van der Waals surface area contributed by atoms with E-state index in [0.717, 1.165) is 19.0 Å². The van der Waals surface area contributed by atoms with Crippen molar-refractivity contribution in [1.29, 1.82) is 0 Å². The predicted octanol–water partition coefficient (Wildman–Crippen LogP) is 5.47. The number of aromatic carboxylic acids is 1. The number of aromatic nitrogens is 3. The summed E-state index contributed by atoms with van der Waals surface area (Å²) in [6.07, 6.45) is 3.98. The van der Waals surface area contributed by atoms with Crippen molar-refractivity contribution in [3.8, 4) is 22.5 Å². The Kier molecular flexibility index (Phi) is 8.27. The normalized spacial score (nSPS) is 19.5. The minimum atomic E-state index is -4.63. The Morgan fingerprint density at radius 3 is 2.60 bits per heavy atom. The van der Waals surface area contributed by atoms with E-state index in [-0.39, 0.29) is 34.0 Å². The number of hydrogen-bond acceptors (Lipinski definition) is 9. The Balaban J connectivity index is 1.56. The maximum Gasteiger partial charge on any atom is 0.474 e. The van der Waals surface area contributed by atoms with E-state index in [0.29, 0.717) is 41.3 Å². The molecule has 1 unspecified atom stereocenters. The molecule has 0 saturated carbocycles. The van der Waals surface area contributed by atoms with E-state index < -0.39 is 48.9 Å². The Labute approximate surface area is 285 Å². The van der Waals surface area contributed by atoms with Gasteiger partial charge in [0.25, 0.3) is 5.56 Å². The molecular formula is C34H37F2N6O7P. The Bertz CT molecular complexity index is 2270. The van der Waals surface area contributed by atoms with E-state index in [1.54, 1.807) is 46.1 Å². The van der Waals surface area contributed by atoms with Crippen molar-refractivity contribution in [3.63, 3.8) is 0 Å². The standard InChI is InChI=1S/C34H37F2N6O7P/c1-34(2,3)49-50(46,47)48-17-40-15-22(18-6-7-20-8-9-21(33(44)45)32(43)42(20)14-18)30(41-11-10-19-13-39(5)16-25(19)41)27-26-28(36)23(35)12-24(37-4)29(26)38-31(27)40/h6-9,12,14-15,19,25,37H,10-11,13,16-17H2,1-5H3,(H,44,45)(H,46,47)/t19-,25+/m0/s1. The summed E-state index contributed by atoms with van der Waals surface area (Å²) in [6.45, 7) is 6.39. The lowest BCUT2D eigenvalue weighted by molar-refractivity contribution is 0.0486. The lowest BCUT2D eigenvalue weighted by Gasteiger charge is -2.32. The second kappa shape index (κ2) is 12.1. The van der Waals surface area contributed by atoms with Gasteiger partial charge in [0, 0.05) is 67.8 Å². The molecule has 16 heteroatoms. The first kappa shape index (κ1) is 34.1. The molecule has 13 nitrogen and oxygen atoms in total. The fourth-order valence-electron chi connectivity index (χ4n) is 7.35. The number of phosphoric ester groups is 1. The predicted molar refractivity (Wildman–Crippen MR) is 184 cm³/mol. The molecule has 3 aromatic rings. The van der Waals surface area contributed by atoms with Crippen molar-refractivity contribution in [2.24, 2.45) is 5.92 Å². The van der Waals surface area contributed by atoms with Gasteiger partial charge in [-0.25, -0.2) is 23.1 Å². The van der Waals surface area contributed by atoms with E-state index in [9.17, 15) is 24.2 Å². The van der Waals surface area contributed by atoms with Crippen LogP contribution in [-0.2, 0) is 20.3 Å². The van der Waals surface area contributed by atoms with Crippen molar-refractivity contribution in [2.75, 3.05) is 43.9 Å². The third-order valence-corrected chi connectivity index (χ3v) is 10.6. The van der Waals surface area contributed by atoms with Crippen LogP contribution in [0.5, 0.6) is 0 Å². The molecule has 7 rings (SSSR count).